The van der Waals surface area contributed by atoms with E-state index >= 15 is 0 Å². The van der Waals surface area contributed by atoms with Crippen molar-refractivity contribution in [1.29, 1.82) is 0 Å². The van der Waals surface area contributed by atoms with Crippen molar-refractivity contribution in [3.63, 3.8) is 0 Å². The van der Waals surface area contributed by atoms with Crippen LogP contribution in [0.2, 0.25) is 0 Å². The second-order valence-corrected chi connectivity index (χ2v) is 10.3. The van der Waals surface area contributed by atoms with Crippen molar-refractivity contribution < 1.29 is 19.4 Å². The van der Waals surface area contributed by atoms with Crippen LogP contribution in [0, 0.1) is 6.92 Å². The third kappa shape index (κ3) is 5.16. The van der Waals surface area contributed by atoms with E-state index in [9.17, 15) is 9.90 Å². The van der Waals surface area contributed by atoms with Gasteiger partial charge in [0.15, 0.2) is 0 Å². The Morgan fingerprint density at radius 3 is 2.63 bits per heavy atom. The number of nitrogens with zero attached hydrogens (tertiary/aromatic N) is 5. The van der Waals surface area contributed by atoms with E-state index in [1.54, 1.807) is 12.1 Å². The molecule has 0 spiro atoms. The van der Waals surface area contributed by atoms with Crippen LogP contribution >= 0.6 is 0 Å². The maximum Gasteiger partial charge on any atom is 0.335 e. The molecule has 38 heavy (non-hydrogen) atoms. The van der Waals surface area contributed by atoms with E-state index in [4.69, 9.17) is 19.6 Å². The van der Waals surface area contributed by atoms with Crippen molar-refractivity contribution in [2.45, 2.75) is 58.0 Å². The Morgan fingerprint density at radius 2 is 1.92 bits per heavy atom. The monoisotopic (exact) mass is 515 g/mol. The molecule has 4 heterocycles. The van der Waals surface area contributed by atoms with Gasteiger partial charge in [0.05, 0.1) is 47.5 Å². The molecule has 6 rings (SSSR count). The first-order valence-electron chi connectivity index (χ1n) is 13.3. The molecule has 0 bridgehead atoms. The van der Waals surface area contributed by atoms with E-state index in [2.05, 4.69) is 20.3 Å². The summed E-state index contributed by atoms with van der Waals surface area (Å²) >= 11 is 0. The fourth-order valence-electron chi connectivity index (χ4n) is 5.39. The fraction of sp³-hybridized carbons (Fsp3) is 0.414. The molecular weight excluding hydrogens is 482 g/mol. The lowest BCUT2D eigenvalue weighted by atomic mass is 10.1. The molecule has 198 valence electrons. The Kier molecular flexibility index (Phi) is 6.86. The number of hydrogen-bond donors (Lipinski definition) is 1. The molecule has 2 aliphatic heterocycles. The summed E-state index contributed by atoms with van der Waals surface area (Å²) in [4.78, 5) is 19.1. The molecule has 0 saturated carbocycles. The van der Waals surface area contributed by atoms with E-state index in [0.717, 1.165) is 79.4 Å². The smallest absolute Gasteiger partial charge is 0.335 e. The highest BCUT2D eigenvalue weighted by molar-refractivity contribution is 5.93. The fourth-order valence-corrected chi connectivity index (χ4v) is 5.39. The quantitative estimate of drug-likeness (QED) is 0.352. The Bertz CT molecular complexity index is 1420. The van der Waals surface area contributed by atoms with E-state index in [0.29, 0.717) is 24.8 Å². The van der Waals surface area contributed by atoms with Crippen molar-refractivity contribution in [2.24, 2.45) is 0 Å². The second kappa shape index (κ2) is 10.6. The summed E-state index contributed by atoms with van der Waals surface area (Å²) in [6.45, 7) is 6.50. The largest absolute Gasteiger partial charge is 0.487 e. The van der Waals surface area contributed by atoms with Crippen molar-refractivity contribution in [1.82, 2.24) is 24.2 Å². The number of benzene rings is 2. The lowest BCUT2D eigenvalue weighted by Gasteiger charge is -2.32. The minimum absolute atomic E-state index is 0.158. The highest BCUT2D eigenvalue weighted by atomic mass is 16.5. The second-order valence-electron chi connectivity index (χ2n) is 10.3. The molecule has 1 atom stereocenters. The van der Waals surface area contributed by atoms with Crippen LogP contribution in [0.3, 0.4) is 0 Å². The van der Waals surface area contributed by atoms with E-state index in [1.807, 2.05) is 43.3 Å². The van der Waals surface area contributed by atoms with Gasteiger partial charge in [-0.3, -0.25) is 9.58 Å². The Balaban J connectivity index is 1.12. The standard InChI is InChI=1S/C29H33N5O4/c1-20-15-21(29(35)36)16-26-28(20)30-27(33(26)17-25-10-14-37-25)18-32-11-8-23(9-12-32)34-13-7-22(31-34)19-38-24-5-3-2-4-6-24/h2-7,13,15-16,23,25H,8-12,14,17-19H2,1H3,(H,35,36)/t25-/m0/s1. The van der Waals surface area contributed by atoms with Crippen molar-refractivity contribution in [3.05, 3.63) is 77.4 Å². The number of piperidine rings is 1. The minimum Gasteiger partial charge on any atom is -0.487 e. The summed E-state index contributed by atoms with van der Waals surface area (Å²) in [7, 11) is 0. The Labute approximate surface area is 221 Å². The average Bonchev–Trinajstić information content (AvgIpc) is 3.51. The number of hydrogen-bond acceptors (Lipinski definition) is 6. The number of aryl methyl sites for hydroxylation is 1. The zero-order valence-corrected chi connectivity index (χ0v) is 21.6. The minimum atomic E-state index is -0.917. The maximum absolute atomic E-state index is 11.7. The van der Waals surface area contributed by atoms with Crippen LogP contribution in [0.1, 0.15) is 52.7 Å². The van der Waals surface area contributed by atoms with Gasteiger partial charge in [0.25, 0.3) is 0 Å². The van der Waals surface area contributed by atoms with Crippen LogP contribution in [0.25, 0.3) is 11.0 Å². The number of imidazole rings is 1. The summed E-state index contributed by atoms with van der Waals surface area (Å²) in [6.07, 6.45) is 5.25. The molecule has 2 aromatic carbocycles. The summed E-state index contributed by atoms with van der Waals surface area (Å²) in [5, 5.41) is 14.4. The third-order valence-corrected chi connectivity index (χ3v) is 7.64. The zero-order valence-electron chi connectivity index (χ0n) is 21.6. The number of aromatic nitrogens is 4. The summed E-state index contributed by atoms with van der Waals surface area (Å²) in [6, 6.07) is 15.7. The first-order chi connectivity index (χ1) is 18.5. The predicted octanol–water partition coefficient (Wildman–Crippen LogP) is 4.44. The molecule has 2 aliphatic rings. The molecular formula is C29H33N5O4. The molecule has 0 amide bonds. The number of aromatic carboxylic acids is 1. The molecule has 0 radical (unpaired) electrons. The molecule has 1 N–H and O–H groups in total. The van der Waals surface area contributed by atoms with Crippen molar-refractivity contribution in [2.75, 3.05) is 19.7 Å². The highest BCUT2D eigenvalue weighted by Crippen LogP contribution is 2.28. The van der Waals surface area contributed by atoms with Crippen LogP contribution in [-0.2, 0) is 24.4 Å². The van der Waals surface area contributed by atoms with Gasteiger partial charge in [0.1, 0.15) is 18.2 Å². The van der Waals surface area contributed by atoms with Crippen LogP contribution < -0.4 is 4.74 Å². The van der Waals surface area contributed by atoms with Gasteiger partial charge in [-0.05, 0) is 62.1 Å². The van der Waals surface area contributed by atoms with Gasteiger partial charge in [-0.15, -0.1) is 0 Å². The van der Waals surface area contributed by atoms with Gasteiger partial charge < -0.3 is 19.1 Å². The van der Waals surface area contributed by atoms with E-state index < -0.39 is 5.97 Å². The summed E-state index contributed by atoms with van der Waals surface area (Å²) in [5.41, 5.74) is 3.87. The summed E-state index contributed by atoms with van der Waals surface area (Å²) < 4.78 is 15.8. The van der Waals surface area contributed by atoms with Gasteiger partial charge in [-0.2, -0.15) is 5.10 Å². The normalized spacial score (nSPS) is 18.5. The van der Waals surface area contributed by atoms with Crippen LogP contribution in [0.15, 0.2) is 54.7 Å². The lowest BCUT2D eigenvalue weighted by molar-refractivity contribution is -0.0592. The van der Waals surface area contributed by atoms with Crippen molar-refractivity contribution in [3.8, 4) is 5.75 Å². The molecule has 0 aliphatic carbocycles. The average molecular weight is 516 g/mol. The molecule has 9 heteroatoms. The van der Waals surface area contributed by atoms with Crippen LogP contribution in [0.5, 0.6) is 5.75 Å². The van der Waals surface area contributed by atoms with Crippen LogP contribution in [-0.4, -0.2) is 61.1 Å². The first kappa shape index (κ1) is 24.6. The number of carbonyl (C=O) groups is 1. The lowest BCUT2D eigenvalue weighted by Crippen LogP contribution is -2.36. The van der Waals surface area contributed by atoms with Gasteiger partial charge in [0, 0.05) is 25.9 Å². The van der Waals surface area contributed by atoms with Gasteiger partial charge in [0.2, 0.25) is 0 Å². The highest BCUT2D eigenvalue weighted by Gasteiger charge is 2.26. The number of carboxylic acids is 1. The van der Waals surface area contributed by atoms with E-state index in [1.165, 1.54) is 0 Å². The number of para-hydroxylation sites is 1. The molecule has 2 fully saturated rings. The number of ether oxygens (including phenoxy) is 2. The van der Waals surface area contributed by atoms with Gasteiger partial charge in [-0.1, -0.05) is 18.2 Å². The Morgan fingerprint density at radius 1 is 1.13 bits per heavy atom. The molecule has 2 aromatic heterocycles. The number of likely N-dealkylation sites (tertiary alicyclic amines) is 1. The topological polar surface area (TPSA) is 94.6 Å². The van der Waals surface area contributed by atoms with Crippen molar-refractivity contribution >= 4 is 17.0 Å². The Hall–Kier alpha value is -3.69. The van der Waals surface area contributed by atoms with Crippen LogP contribution in [0.4, 0.5) is 0 Å². The first-order valence-corrected chi connectivity index (χ1v) is 13.3. The molecule has 2 saturated heterocycles. The summed E-state index contributed by atoms with van der Waals surface area (Å²) in [5.74, 6) is 0.901. The number of fused-ring (bicyclic) bond motifs is 1. The molecule has 9 nitrogen and oxygen atoms in total. The van der Waals surface area contributed by atoms with Gasteiger partial charge >= 0.3 is 5.97 Å². The van der Waals surface area contributed by atoms with E-state index in [-0.39, 0.29) is 6.10 Å². The molecule has 0 unspecified atom stereocenters. The third-order valence-electron chi connectivity index (χ3n) is 7.64. The van der Waals surface area contributed by atoms with Gasteiger partial charge in [-0.25, -0.2) is 9.78 Å². The zero-order chi connectivity index (χ0) is 26.1. The SMILES string of the molecule is Cc1cc(C(=O)O)cc2c1nc(CN1CCC(n3ccc(COc4ccccc4)n3)CC1)n2C[C@@H]1CCO1. The number of carboxylic acid groups (broad SMARTS) is 1. The number of rotatable bonds is 9. The predicted molar refractivity (Wildman–Crippen MR) is 142 cm³/mol. The molecule has 4 aromatic rings. The maximum atomic E-state index is 11.7.